The molecular weight excluding hydrogens is 494 g/mol. The number of hydrogen-bond donors (Lipinski definition) is 0. The molecule has 0 spiro atoms. The molecule has 0 amide bonds. The van der Waals surface area contributed by atoms with Crippen molar-refractivity contribution in [2.24, 2.45) is 0 Å². The molecule has 1 aliphatic rings. The topological polar surface area (TPSA) is 40.6 Å². The third kappa shape index (κ3) is 5.02. The van der Waals surface area contributed by atoms with Gasteiger partial charge in [0.1, 0.15) is 5.82 Å². The third-order valence-corrected chi connectivity index (χ3v) is 8.86. The zero-order chi connectivity index (χ0) is 24.5. The Kier molecular flexibility index (Phi) is 7.65. The van der Waals surface area contributed by atoms with Crippen LogP contribution in [0.15, 0.2) is 77.7 Å². The van der Waals surface area contributed by atoms with E-state index in [9.17, 15) is 12.8 Å². The maximum atomic E-state index is 13.5. The van der Waals surface area contributed by atoms with Crippen LogP contribution in [-0.2, 0) is 10.0 Å². The van der Waals surface area contributed by atoms with Gasteiger partial charge in [0.15, 0.2) is 0 Å². The monoisotopic (exact) mass is 520 g/mol. The van der Waals surface area contributed by atoms with Gasteiger partial charge in [0.2, 0.25) is 10.0 Å². The molecule has 1 heterocycles. The molecule has 0 saturated carbocycles. The number of benzene rings is 3. The number of likely N-dealkylation sites (tertiary alicyclic amines) is 1. The molecule has 4 rings (SSSR count). The Morgan fingerprint density at radius 2 is 1.44 bits per heavy atom. The highest BCUT2D eigenvalue weighted by Crippen LogP contribution is 2.39. The Morgan fingerprint density at radius 3 is 1.88 bits per heavy atom. The van der Waals surface area contributed by atoms with Crippen LogP contribution in [-0.4, -0.2) is 42.8 Å². The first-order valence-corrected chi connectivity index (χ1v) is 13.5. The van der Waals surface area contributed by atoms with Crippen molar-refractivity contribution < 1.29 is 12.8 Å². The Balaban J connectivity index is 1.65. The van der Waals surface area contributed by atoms with E-state index < -0.39 is 15.8 Å². The maximum Gasteiger partial charge on any atom is 0.243 e. The number of rotatable bonds is 8. The van der Waals surface area contributed by atoms with E-state index in [4.69, 9.17) is 23.2 Å². The first-order valence-electron chi connectivity index (χ1n) is 11.3. The molecule has 180 valence electrons. The molecule has 34 heavy (non-hydrogen) atoms. The van der Waals surface area contributed by atoms with E-state index in [1.807, 2.05) is 55.5 Å². The average Bonchev–Trinajstić information content (AvgIpc) is 2.82. The standard InChI is InChI=1S/C26H27Cl2FN2O2S/c1-3-16-31(34(32,33)24-14-12-23(29)13-15-24)25-17-30(18(25)2)26(19-4-8-21(27)9-5-19)20-6-10-22(28)11-7-20/h4-15,18,25-26H,3,16-17H2,1-2H3/t18-,25+/m1/s1. The molecule has 0 aromatic heterocycles. The second kappa shape index (κ2) is 10.3. The summed E-state index contributed by atoms with van der Waals surface area (Å²) in [7, 11) is -3.76. The summed E-state index contributed by atoms with van der Waals surface area (Å²) in [5.74, 6) is -0.460. The van der Waals surface area contributed by atoms with Gasteiger partial charge in [0, 0.05) is 29.2 Å². The Labute approximate surface area is 211 Å². The van der Waals surface area contributed by atoms with Crippen LogP contribution in [0, 0.1) is 5.82 Å². The van der Waals surface area contributed by atoms with Crippen LogP contribution in [0.5, 0.6) is 0 Å². The second-order valence-electron chi connectivity index (χ2n) is 8.58. The van der Waals surface area contributed by atoms with E-state index in [2.05, 4.69) is 11.8 Å². The van der Waals surface area contributed by atoms with E-state index in [0.29, 0.717) is 29.6 Å². The zero-order valence-electron chi connectivity index (χ0n) is 19.0. The molecule has 2 atom stereocenters. The minimum Gasteiger partial charge on any atom is -0.286 e. The van der Waals surface area contributed by atoms with E-state index in [1.165, 1.54) is 24.3 Å². The van der Waals surface area contributed by atoms with Crippen LogP contribution in [0.3, 0.4) is 0 Å². The minimum atomic E-state index is -3.76. The number of hydrogen-bond acceptors (Lipinski definition) is 3. The summed E-state index contributed by atoms with van der Waals surface area (Å²) in [4.78, 5) is 2.40. The molecule has 3 aromatic rings. The highest BCUT2D eigenvalue weighted by atomic mass is 35.5. The van der Waals surface area contributed by atoms with Gasteiger partial charge in [-0.2, -0.15) is 4.31 Å². The van der Waals surface area contributed by atoms with Crippen molar-refractivity contribution in [2.45, 2.75) is 43.3 Å². The van der Waals surface area contributed by atoms with Gasteiger partial charge in [-0.15, -0.1) is 0 Å². The van der Waals surface area contributed by atoms with Crippen molar-refractivity contribution in [3.63, 3.8) is 0 Å². The number of sulfonamides is 1. The predicted octanol–water partition coefficient (Wildman–Crippen LogP) is 6.40. The van der Waals surface area contributed by atoms with E-state index >= 15 is 0 Å². The summed E-state index contributed by atoms with van der Waals surface area (Å²) in [6.07, 6.45) is 0.682. The van der Waals surface area contributed by atoms with E-state index in [1.54, 1.807) is 4.31 Å². The van der Waals surface area contributed by atoms with Gasteiger partial charge < -0.3 is 0 Å². The maximum absolute atomic E-state index is 13.5. The predicted molar refractivity (Wildman–Crippen MR) is 135 cm³/mol. The minimum absolute atomic E-state index is 0.0434. The highest BCUT2D eigenvalue weighted by molar-refractivity contribution is 7.89. The van der Waals surface area contributed by atoms with Crippen LogP contribution in [0.4, 0.5) is 4.39 Å². The molecule has 0 bridgehead atoms. The summed E-state index contributed by atoms with van der Waals surface area (Å²) in [5.41, 5.74) is 2.14. The highest BCUT2D eigenvalue weighted by Gasteiger charge is 2.47. The lowest BCUT2D eigenvalue weighted by molar-refractivity contribution is -0.00796. The lowest BCUT2D eigenvalue weighted by atomic mass is 9.88. The molecule has 0 aliphatic carbocycles. The third-order valence-electron chi connectivity index (χ3n) is 6.42. The molecule has 3 aromatic carbocycles. The summed E-state index contributed by atoms with van der Waals surface area (Å²) in [6.45, 7) is 4.97. The van der Waals surface area contributed by atoms with E-state index in [0.717, 1.165) is 11.1 Å². The van der Waals surface area contributed by atoms with Crippen molar-refractivity contribution >= 4 is 33.2 Å². The molecular formula is C26H27Cl2FN2O2S. The molecule has 1 fully saturated rings. The zero-order valence-corrected chi connectivity index (χ0v) is 21.4. The van der Waals surface area contributed by atoms with Crippen LogP contribution in [0.2, 0.25) is 10.0 Å². The molecule has 0 unspecified atom stereocenters. The van der Waals surface area contributed by atoms with Gasteiger partial charge in [0.25, 0.3) is 0 Å². The largest absolute Gasteiger partial charge is 0.286 e. The van der Waals surface area contributed by atoms with Crippen LogP contribution < -0.4 is 0 Å². The first kappa shape index (κ1) is 25.1. The lowest BCUT2D eigenvalue weighted by Crippen LogP contribution is -2.67. The van der Waals surface area contributed by atoms with Crippen molar-refractivity contribution in [1.29, 1.82) is 0 Å². The smallest absolute Gasteiger partial charge is 0.243 e. The van der Waals surface area contributed by atoms with Crippen LogP contribution >= 0.6 is 23.2 Å². The quantitative estimate of drug-likeness (QED) is 0.345. The van der Waals surface area contributed by atoms with E-state index in [-0.39, 0.29) is 23.0 Å². The summed E-state index contributed by atoms with van der Waals surface area (Å²) in [6, 6.07) is 20.2. The Hall–Kier alpha value is -1.96. The fourth-order valence-corrected chi connectivity index (χ4v) is 6.61. The van der Waals surface area contributed by atoms with Crippen LogP contribution in [0.25, 0.3) is 0 Å². The number of nitrogens with zero attached hydrogens (tertiary/aromatic N) is 2. The molecule has 0 radical (unpaired) electrons. The van der Waals surface area contributed by atoms with Crippen molar-refractivity contribution in [1.82, 2.24) is 9.21 Å². The van der Waals surface area contributed by atoms with Gasteiger partial charge in [-0.05, 0) is 73.0 Å². The Morgan fingerprint density at radius 1 is 0.941 bits per heavy atom. The molecule has 4 nitrogen and oxygen atoms in total. The van der Waals surface area contributed by atoms with Gasteiger partial charge in [-0.25, -0.2) is 12.8 Å². The summed E-state index contributed by atoms with van der Waals surface area (Å²) in [5, 5.41) is 1.32. The molecule has 8 heteroatoms. The normalized spacial score (nSPS) is 18.9. The van der Waals surface area contributed by atoms with Crippen molar-refractivity contribution in [3.8, 4) is 0 Å². The van der Waals surface area contributed by atoms with Crippen LogP contribution in [0.1, 0.15) is 37.4 Å². The summed E-state index contributed by atoms with van der Waals surface area (Å²) < 4.78 is 41.9. The van der Waals surface area contributed by atoms with Crippen molar-refractivity contribution in [3.05, 3.63) is 99.8 Å². The Bertz CT molecular complexity index is 1170. The second-order valence-corrected chi connectivity index (χ2v) is 11.3. The lowest BCUT2D eigenvalue weighted by Gasteiger charge is -2.54. The molecule has 1 aliphatic heterocycles. The van der Waals surface area contributed by atoms with Gasteiger partial charge in [-0.3, -0.25) is 4.90 Å². The van der Waals surface area contributed by atoms with Gasteiger partial charge in [-0.1, -0.05) is 54.4 Å². The van der Waals surface area contributed by atoms with Gasteiger partial charge >= 0.3 is 0 Å². The average molecular weight is 521 g/mol. The fraction of sp³-hybridized carbons (Fsp3) is 0.308. The summed E-state index contributed by atoms with van der Waals surface area (Å²) >= 11 is 12.3. The fourth-order valence-electron chi connectivity index (χ4n) is 4.58. The SMILES string of the molecule is CCCN([C@H]1CN(C(c2ccc(Cl)cc2)c2ccc(Cl)cc2)[C@@H]1C)S(=O)(=O)c1ccc(F)cc1. The molecule has 0 N–H and O–H groups in total. The first-order chi connectivity index (χ1) is 16.2. The van der Waals surface area contributed by atoms with Gasteiger partial charge in [0.05, 0.1) is 17.0 Å². The van der Waals surface area contributed by atoms with Crippen molar-refractivity contribution in [2.75, 3.05) is 13.1 Å². The molecule has 1 saturated heterocycles. The number of halogens is 3.